The van der Waals surface area contributed by atoms with Crippen molar-refractivity contribution in [3.63, 3.8) is 0 Å². The van der Waals surface area contributed by atoms with Crippen LogP contribution in [-0.4, -0.2) is 5.97 Å². The van der Waals surface area contributed by atoms with Crippen molar-refractivity contribution in [2.75, 3.05) is 0 Å². The van der Waals surface area contributed by atoms with Crippen LogP contribution < -0.4 is 4.74 Å². The summed E-state index contributed by atoms with van der Waals surface area (Å²) in [7, 11) is 0. The summed E-state index contributed by atoms with van der Waals surface area (Å²) in [6, 6.07) is 3.70. The van der Waals surface area contributed by atoms with Crippen molar-refractivity contribution >= 4 is 73.7 Å². The molecule has 0 saturated carbocycles. The summed E-state index contributed by atoms with van der Waals surface area (Å²) in [5, 5.41) is 0. The first-order valence-electron chi connectivity index (χ1n) is 3.54. The highest BCUT2D eigenvalue weighted by Gasteiger charge is 2.10. The number of esters is 1. The second-order valence-electron chi connectivity index (χ2n) is 2.30. The maximum atomic E-state index is 11.0. The number of ether oxygens (including phenoxy) is 1. The lowest BCUT2D eigenvalue weighted by atomic mass is 10.3. The smallest absolute Gasteiger partial charge is 0.335 e. The zero-order valence-corrected chi connectivity index (χ0v) is 13.4. The largest absolute Gasteiger partial charge is 0.422 e. The van der Waals surface area contributed by atoms with E-state index >= 15 is 0 Å². The Labute approximate surface area is 123 Å². The van der Waals surface area contributed by atoms with Crippen molar-refractivity contribution in [3.8, 4) is 5.75 Å². The lowest BCUT2D eigenvalue weighted by molar-refractivity contribution is -0.129. The lowest BCUT2D eigenvalue weighted by Crippen LogP contribution is -2.05. The molecule has 0 bridgehead atoms. The highest BCUT2D eigenvalue weighted by Crippen LogP contribution is 2.29. The van der Waals surface area contributed by atoms with E-state index in [2.05, 4.69) is 74.4 Å². The normalized spacial score (nSPS) is 9.64. The van der Waals surface area contributed by atoms with Gasteiger partial charge >= 0.3 is 5.97 Å². The predicted octanol–water partition coefficient (Wildman–Crippen LogP) is 3.59. The van der Waals surface area contributed by atoms with E-state index < -0.39 is 5.97 Å². The summed E-state index contributed by atoms with van der Waals surface area (Å²) in [6.07, 6.45) is 1.15. The van der Waals surface area contributed by atoms with Crippen molar-refractivity contribution in [1.82, 2.24) is 0 Å². The number of carbonyl (C=O) groups is 1. The van der Waals surface area contributed by atoms with Gasteiger partial charge in [-0.25, -0.2) is 4.79 Å². The van der Waals surface area contributed by atoms with E-state index in [4.69, 9.17) is 4.74 Å². The molecule has 74 valence electrons. The Bertz CT molecular complexity index is 388. The van der Waals surface area contributed by atoms with Crippen molar-refractivity contribution in [3.05, 3.63) is 35.5 Å². The molecule has 1 rings (SSSR count). The maximum absolute atomic E-state index is 11.0. The van der Waals surface area contributed by atoms with Gasteiger partial charge in [0.1, 0.15) is 5.75 Å². The number of hydrogen-bond donors (Lipinski definition) is 0. The third kappa shape index (κ3) is 3.05. The van der Waals surface area contributed by atoms with Crippen LogP contribution in [0.1, 0.15) is 0 Å². The Morgan fingerprint density at radius 3 is 2.50 bits per heavy atom. The van der Waals surface area contributed by atoms with E-state index in [1.165, 1.54) is 0 Å². The highest BCUT2D eigenvalue weighted by molar-refractivity contribution is 14.1. The van der Waals surface area contributed by atoms with Gasteiger partial charge in [0.05, 0.1) is 3.57 Å². The van der Waals surface area contributed by atoms with Gasteiger partial charge in [-0.15, -0.1) is 0 Å². The van der Waals surface area contributed by atoms with Crippen LogP contribution in [0.25, 0.3) is 0 Å². The Morgan fingerprint density at radius 2 is 1.93 bits per heavy atom. The molecular formula is C9H5I3O2. The molecule has 0 unspecified atom stereocenters. The quantitative estimate of drug-likeness (QED) is 0.194. The molecule has 2 nitrogen and oxygen atoms in total. The molecule has 0 amide bonds. The zero-order chi connectivity index (χ0) is 10.7. The van der Waals surface area contributed by atoms with Gasteiger partial charge in [0.25, 0.3) is 0 Å². The maximum Gasteiger partial charge on any atom is 0.335 e. The monoisotopic (exact) mass is 526 g/mol. The topological polar surface area (TPSA) is 26.3 Å². The number of rotatable bonds is 2. The molecular weight excluding hydrogens is 521 g/mol. The number of hydrogen-bond acceptors (Lipinski definition) is 2. The number of halogens is 3. The predicted molar refractivity (Wildman–Crippen MR) is 80.4 cm³/mol. The van der Waals surface area contributed by atoms with E-state index in [0.29, 0.717) is 5.75 Å². The SMILES string of the molecule is C=CC(=O)Oc1ccc(I)c(I)c1I. The highest BCUT2D eigenvalue weighted by atomic mass is 127. The fourth-order valence-electron chi connectivity index (χ4n) is 0.737. The fourth-order valence-corrected chi connectivity index (χ4v) is 2.73. The Morgan fingerprint density at radius 1 is 1.29 bits per heavy atom. The van der Waals surface area contributed by atoms with Crippen LogP contribution in [0.2, 0.25) is 0 Å². The van der Waals surface area contributed by atoms with Gasteiger partial charge in [0.15, 0.2) is 0 Å². The molecule has 1 aromatic rings. The van der Waals surface area contributed by atoms with Crippen LogP contribution in [0.15, 0.2) is 24.8 Å². The lowest BCUT2D eigenvalue weighted by Gasteiger charge is -2.06. The van der Waals surface area contributed by atoms with Gasteiger partial charge in [-0.3, -0.25) is 0 Å². The molecule has 14 heavy (non-hydrogen) atoms. The van der Waals surface area contributed by atoms with Gasteiger partial charge in [-0.05, 0) is 79.9 Å². The minimum Gasteiger partial charge on any atom is -0.422 e. The molecule has 0 N–H and O–H groups in total. The minimum atomic E-state index is -0.431. The molecule has 0 aromatic heterocycles. The van der Waals surface area contributed by atoms with Crippen LogP contribution in [0.4, 0.5) is 0 Å². The van der Waals surface area contributed by atoms with E-state index in [1.807, 2.05) is 6.07 Å². The molecule has 0 fully saturated rings. The zero-order valence-electron chi connectivity index (χ0n) is 6.89. The van der Waals surface area contributed by atoms with Gasteiger partial charge < -0.3 is 4.74 Å². The average molecular weight is 526 g/mol. The summed E-state index contributed by atoms with van der Waals surface area (Å²) >= 11 is 6.61. The molecule has 0 radical (unpaired) electrons. The van der Waals surface area contributed by atoms with Crippen molar-refractivity contribution < 1.29 is 9.53 Å². The van der Waals surface area contributed by atoms with E-state index in [-0.39, 0.29) is 0 Å². The Balaban J connectivity index is 3.05. The van der Waals surface area contributed by atoms with E-state index in [0.717, 1.165) is 16.8 Å². The minimum absolute atomic E-state index is 0.431. The summed E-state index contributed by atoms with van der Waals surface area (Å²) in [5.74, 6) is 0.153. The number of benzene rings is 1. The third-order valence-corrected chi connectivity index (χ3v) is 6.53. The molecule has 0 aliphatic carbocycles. The van der Waals surface area contributed by atoms with Crippen LogP contribution in [-0.2, 0) is 4.79 Å². The molecule has 0 aliphatic rings. The van der Waals surface area contributed by atoms with Gasteiger partial charge in [0.2, 0.25) is 0 Å². The summed E-state index contributed by atoms with van der Waals surface area (Å²) < 4.78 is 8.25. The van der Waals surface area contributed by atoms with Crippen LogP contribution in [0.5, 0.6) is 5.75 Å². The first-order valence-corrected chi connectivity index (χ1v) is 6.77. The van der Waals surface area contributed by atoms with Crippen LogP contribution in [0, 0.1) is 10.7 Å². The van der Waals surface area contributed by atoms with E-state index in [9.17, 15) is 4.79 Å². The molecule has 0 aliphatic heterocycles. The molecule has 0 atom stereocenters. The first kappa shape index (κ1) is 12.7. The van der Waals surface area contributed by atoms with Crippen LogP contribution >= 0.6 is 67.8 Å². The second kappa shape index (κ2) is 5.64. The standard InChI is InChI=1S/C9H5I3O2/c1-2-7(13)14-6-4-3-5(10)8(11)9(6)12/h2-4H,1H2. The molecule has 1 aromatic carbocycles. The van der Waals surface area contributed by atoms with Crippen LogP contribution in [0.3, 0.4) is 0 Å². The van der Waals surface area contributed by atoms with Gasteiger partial charge in [-0.2, -0.15) is 0 Å². The molecule has 5 heteroatoms. The van der Waals surface area contributed by atoms with Gasteiger partial charge in [0, 0.05) is 13.2 Å². The second-order valence-corrected chi connectivity index (χ2v) is 5.62. The third-order valence-electron chi connectivity index (χ3n) is 1.38. The molecule has 0 saturated heterocycles. The Kier molecular flexibility index (Phi) is 5.11. The summed E-state index contributed by atoms with van der Waals surface area (Å²) in [4.78, 5) is 11.0. The molecule has 0 heterocycles. The van der Waals surface area contributed by atoms with Crippen molar-refractivity contribution in [1.29, 1.82) is 0 Å². The summed E-state index contributed by atoms with van der Waals surface area (Å²) in [5.41, 5.74) is 0. The van der Waals surface area contributed by atoms with Gasteiger partial charge in [-0.1, -0.05) is 6.58 Å². The summed E-state index contributed by atoms with van der Waals surface area (Å²) in [6.45, 7) is 3.35. The van der Waals surface area contributed by atoms with E-state index in [1.54, 1.807) is 6.07 Å². The fraction of sp³-hybridized carbons (Fsp3) is 0. The average Bonchev–Trinajstić information content (AvgIpc) is 2.19. The van der Waals surface area contributed by atoms with Crippen molar-refractivity contribution in [2.24, 2.45) is 0 Å². The molecule has 0 spiro atoms. The number of carbonyl (C=O) groups excluding carboxylic acids is 1. The van der Waals surface area contributed by atoms with Crippen molar-refractivity contribution in [2.45, 2.75) is 0 Å². The first-order chi connectivity index (χ1) is 6.56. The Hall–Kier alpha value is 0.620.